The van der Waals surface area contributed by atoms with E-state index in [1.807, 2.05) is 32.9 Å². The van der Waals surface area contributed by atoms with Crippen molar-refractivity contribution in [3.8, 4) is 11.5 Å². The van der Waals surface area contributed by atoms with Crippen molar-refractivity contribution in [1.82, 2.24) is 4.90 Å². The first kappa shape index (κ1) is 19.1. The molecule has 1 aliphatic rings. The molecule has 0 N–H and O–H groups in total. The molecule has 24 heavy (non-hydrogen) atoms. The highest BCUT2D eigenvalue weighted by molar-refractivity contribution is 14.1. The highest BCUT2D eigenvalue weighted by Crippen LogP contribution is 2.37. The van der Waals surface area contributed by atoms with Gasteiger partial charge in [-0.1, -0.05) is 6.92 Å². The smallest absolute Gasteiger partial charge is 0.293 e. The zero-order valence-corrected chi connectivity index (χ0v) is 17.1. The van der Waals surface area contributed by atoms with Gasteiger partial charge in [-0.25, -0.2) is 0 Å². The summed E-state index contributed by atoms with van der Waals surface area (Å²) < 4.78 is 11.9. The Morgan fingerprint density at radius 1 is 1.33 bits per heavy atom. The third kappa shape index (κ3) is 3.88. The molecule has 130 valence electrons. The van der Waals surface area contributed by atoms with Crippen LogP contribution in [0.15, 0.2) is 17.0 Å². The Kier molecular flexibility index (Phi) is 6.56. The molecule has 1 heterocycles. The van der Waals surface area contributed by atoms with E-state index >= 15 is 0 Å². The van der Waals surface area contributed by atoms with E-state index in [4.69, 9.17) is 9.47 Å². The summed E-state index contributed by atoms with van der Waals surface area (Å²) >= 11 is 3.14. The number of hydrogen-bond donors (Lipinski definition) is 0. The fourth-order valence-electron chi connectivity index (χ4n) is 2.33. The van der Waals surface area contributed by atoms with Crippen LogP contribution in [0.3, 0.4) is 0 Å². The topological polar surface area (TPSA) is 55.8 Å². The average molecular weight is 461 g/mol. The van der Waals surface area contributed by atoms with E-state index in [0.717, 1.165) is 27.3 Å². The van der Waals surface area contributed by atoms with Gasteiger partial charge < -0.3 is 9.47 Å². The van der Waals surface area contributed by atoms with Crippen molar-refractivity contribution in [3.63, 3.8) is 0 Å². The maximum absolute atomic E-state index is 12.5. The van der Waals surface area contributed by atoms with Gasteiger partial charge >= 0.3 is 0 Å². The van der Waals surface area contributed by atoms with Gasteiger partial charge in [-0.2, -0.15) is 0 Å². The van der Waals surface area contributed by atoms with E-state index in [9.17, 15) is 9.59 Å². The number of ether oxygens (including phenoxy) is 2. The first-order valence-corrected chi connectivity index (χ1v) is 9.59. The number of imide groups is 1. The van der Waals surface area contributed by atoms with Crippen LogP contribution in [0.4, 0.5) is 4.79 Å². The summed E-state index contributed by atoms with van der Waals surface area (Å²) in [6.07, 6.45) is 2.47. The number of amides is 2. The summed E-state index contributed by atoms with van der Waals surface area (Å²) in [5.41, 5.74) is 0.804. The lowest BCUT2D eigenvalue weighted by Crippen LogP contribution is -2.36. The quantitative estimate of drug-likeness (QED) is 0.460. The van der Waals surface area contributed by atoms with Gasteiger partial charge in [0.05, 0.1) is 22.2 Å². The molecule has 1 saturated heterocycles. The summed E-state index contributed by atoms with van der Waals surface area (Å²) in [6, 6.07) is 3.62. The van der Waals surface area contributed by atoms with Crippen molar-refractivity contribution in [2.24, 2.45) is 0 Å². The average Bonchev–Trinajstić information content (AvgIpc) is 2.81. The molecule has 5 nitrogen and oxygen atoms in total. The van der Waals surface area contributed by atoms with Gasteiger partial charge in [-0.05, 0) is 78.4 Å². The predicted molar refractivity (Wildman–Crippen MR) is 104 cm³/mol. The molecule has 0 unspecified atom stereocenters. The standard InChI is InChI=1S/C17H20INO4S/c1-5-10(3)19-16(20)14(24-17(19)21)9-11-7-12(18)15(22-4)13(8-11)23-6-2/h7-10H,5-6H2,1-4H3/b14-9+/t10-/m1/s1. The number of halogens is 1. The maximum Gasteiger partial charge on any atom is 0.293 e. The lowest BCUT2D eigenvalue weighted by atomic mass is 10.1. The Hall–Kier alpha value is -1.22. The third-order valence-electron chi connectivity index (χ3n) is 3.69. The molecule has 0 saturated carbocycles. The van der Waals surface area contributed by atoms with E-state index in [-0.39, 0.29) is 17.2 Å². The first-order valence-electron chi connectivity index (χ1n) is 7.70. The number of carbonyl (C=O) groups excluding carboxylic acids is 2. The Bertz CT molecular complexity index is 689. The zero-order valence-electron chi connectivity index (χ0n) is 14.1. The van der Waals surface area contributed by atoms with Gasteiger partial charge in [0.15, 0.2) is 11.5 Å². The molecule has 0 bridgehead atoms. The van der Waals surface area contributed by atoms with Crippen LogP contribution in [-0.4, -0.2) is 35.8 Å². The predicted octanol–water partition coefficient (Wildman–Crippen LogP) is 4.53. The molecule has 1 atom stereocenters. The van der Waals surface area contributed by atoms with Crippen LogP contribution >= 0.6 is 34.4 Å². The minimum Gasteiger partial charge on any atom is -0.492 e. The van der Waals surface area contributed by atoms with Gasteiger partial charge in [0.2, 0.25) is 0 Å². The molecule has 2 amide bonds. The second-order valence-corrected chi connectivity index (χ2v) is 7.43. The van der Waals surface area contributed by atoms with Crippen molar-refractivity contribution in [1.29, 1.82) is 0 Å². The van der Waals surface area contributed by atoms with Crippen LogP contribution < -0.4 is 9.47 Å². The number of carbonyl (C=O) groups is 2. The maximum atomic E-state index is 12.5. The second kappa shape index (κ2) is 8.24. The van der Waals surface area contributed by atoms with E-state index < -0.39 is 0 Å². The van der Waals surface area contributed by atoms with Crippen LogP contribution in [0.1, 0.15) is 32.8 Å². The molecular formula is C17H20INO4S. The Labute approximate surface area is 159 Å². The molecule has 1 aromatic rings. The Morgan fingerprint density at radius 3 is 2.62 bits per heavy atom. The number of methoxy groups -OCH3 is 1. The number of hydrogen-bond acceptors (Lipinski definition) is 5. The van der Waals surface area contributed by atoms with Gasteiger partial charge in [-0.3, -0.25) is 14.5 Å². The van der Waals surface area contributed by atoms with Crippen molar-refractivity contribution >= 4 is 51.6 Å². The molecule has 0 aromatic heterocycles. The molecular weight excluding hydrogens is 441 g/mol. The van der Waals surface area contributed by atoms with Crippen LogP contribution in [0, 0.1) is 3.57 Å². The molecule has 0 radical (unpaired) electrons. The lowest BCUT2D eigenvalue weighted by molar-refractivity contribution is -0.124. The summed E-state index contributed by atoms with van der Waals surface area (Å²) in [5.74, 6) is 1.06. The monoisotopic (exact) mass is 461 g/mol. The van der Waals surface area contributed by atoms with E-state index in [0.29, 0.717) is 23.0 Å². The van der Waals surface area contributed by atoms with Crippen molar-refractivity contribution < 1.29 is 19.1 Å². The summed E-state index contributed by atoms with van der Waals surface area (Å²) in [7, 11) is 1.59. The van der Waals surface area contributed by atoms with Crippen LogP contribution in [-0.2, 0) is 4.79 Å². The number of nitrogens with zero attached hydrogens (tertiary/aromatic N) is 1. The van der Waals surface area contributed by atoms with Gasteiger partial charge in [-0.15, -0.1) is 0 Å². The van der Waals surface area contributed by atoms with Crippen molar-refractivity contribution in [3.05, 3.63) is 26.2 Å². The number of thioether (sulfide) groups is 1. The van der Waals surface area contributed by atoms with Gasteiger partial charge in [0.1, 0.15) is 0 Å². The minimum absolute atomic E-state index is 0.0987. The summed E-state index contributed by atoms with van der Waals surface area (Å²) in [5, 5.41) is -0.214. The molecule has 1 aromatic carbocycles. The van der Waals surface area contributed by atoms with Crippen LogP contribution in [0.25, 0.3) is 6.08 Å². The van der Waals surface area contributed by atoms with E-state index in [2.05, 4.69) is 22.6 Å². The third-order valence-corrected chi connectivity index (χ3v) is 5.37. The Morgan fingerprint density at radius 2 is 2.04 bits per heavy atom. The number of rotatable bonds is 6. The summed E-state index contributed by atoms with van der Waals surface area (Å²) in [4.78, 5) is 26.4. The van der Waals surface area contributed by atoms with Gasteiger partial charge in [0, 0.05) is 6.04 Å². The van der Waals surface area contributed by atoms with Crippen molar-refractivity contribution in [2.45, 2.75) is 33.2 Å². The minimum atomic E-state index is -0.233. The zero-order chi connectivity index (χ0) is 17.9. The van der Waals surface area contributed by atoms with Crippen LogP contribution in [0.2, 0.25) is 0 Å². The number of benzene rings is 1. The molecule has 2 rings (SSSR count). The lowest BCUT2D eigenvalue weighted by Gasteiger charge is -2.19. The van der Waals surface area contributed by atoms with Gasteiger partial charge in [0.25, 0.3) is 11.1 Å². The van der Waals surface area contributed by atoms with Crippen molar-refractivity contribution in [2.75, 3.05) is 13.7 Å². The fourth-order valence-corrected chi connectivity index (χ4v) is 4.10. The van der Waals surface area contributed by atoms with E-state index in [1.54, 1.807) is 13.2 Å². The fraction of sp³-hybridized carbons (Fsp3) is 0.412. The molecule has 1 aliphatic heterocycles. The Balaban J connectivity index is 2.38. The first-order chi connectivity index (χ1) is 11.4. The molecule has 7 heteroatoms. The molecule has 0 aliphatic carbocycles. The largest absolute Gasteiger partial charge is 0.492 e. The van der Waals surface area contributed by atoms with Crippen LogP contribution in [0.5, 0.6) is 11.5 Å². The second-order valence-electron chi connectivity index (χ2n) is 5.28. The summed E-state index contributed by atoms with van der Waals surface area (Å²) in [6.45, 7) is 6.25. The highest BCUT2D eigenvalue weighted by atomic mass is 127. The SMILES string of the molecule is CCOc1cc(/C=C2/SC(=O)N([C@H](C)CC)C2=O)cc(I)c1OC. The molecule has 1 fully saturated rings. The van der Waals surface area contributed by atoms with E-state index in [1.165, 1.54) is 4.90 Å². The highest BCUT2D eigenvalue weighted by Gasteiger charge is 2.37. The normalized spacial score (nSPS) is 17.5. The molecule has 0 spiro atoms.